The first-order valence-electron chi connectivity index (χ1n) is 6.75. The average molecular weight is 282 g/mol. The maximum absolute atomic E-state index is 11.9. The molecule has 0 radical (unpaired) electrons. The molecule has 1 amide bonds. The third-order valence-corrected chi connectivity index (χ3v) is 3.06. The van der Waals surface area contributed by atoms with E-state index in [2.05, 4.69) is 5.32 Å². The average Bonchev–Trinajstić information content (AvgIpc) is 2.47. The number of phenols is 1. The molecule has 0 fully saturated rings. The van der Waals surface area contributed by atoms with Crippen molar-refractivity contribution in [3.8, 4) is 5.75 Å². The van der Waals surface area contributed by atoms with Gasteiger partial charge in [0.15, 0.2) is 0 Å². The molecular formula is C17H18N2O2. The number of phenolic OH excluding ortho intramolecular Hbond substituents is 1. The first kappa shape index (κ1) is 14.7. The molecule has 2 aromatic carbocycles. The van der Waals surface area contributed by atoms with E-state index < -0.39 is 0 Å². The van der Waals surface area contributed by atoms with E-state index in [0.717, 1.165) is 17.5 Å². The van der Waals surface area contributed by atoms with E-state index in [1.807, 2.05) is 25.1 Å². The van der Waals surface area contributed by atoms with Crippen LogP contribution in [0, 0.1) is 0 Å². The Bertz CT molecular complexity index is 678. The standard InChI is InChI=1S/C17H18N2O2/c1-2-12-6-8-16(20)15(11-12)19-17(21)9-7-13-4-3-5-14(18)10-13/h3-11,20H,2,18H2,1H3,(H,19,21)/b9-7+. The molecule has 4 nitrogen and oxygen atoms in total. The molecule has 4 N–H and O–H groups in total. The highest BCUT2D eigenvalue weighted by molar-refractivity contribution is 6.02. The molecule has 0 unspecified atom stereocenters. The second kappa shape index (κ2) is 6.61. The highest BCUT2D eigenvalue weighted by Gasteiger charge is 2.04. The lowest BCUT2D eigenvalue weighted by molar-refractivity contribution is -0.111. The molecule has 2 aromatic rings. The van der Waals surface area contributed by atoms with Crippen molar-refractivity contribution in [1.82, 2.24) is 0 Å². The van der Waals surface area contributed by atoms with Gasteiger partial charge < -0.3 is 16.2 Å². The Labute approximate surface area is 123 Å². The number of rotatable bonds is 4. The molecular weight excluding hydrogens is 264 g/mol. The number of amides is 1. The van der Waals surface area contributed by atoms with Gasteiger partial charge in [0.05, 0.1) is 5.69 Å². The molecule has 0 spiro atoms. The van der Waals surface area contributed by atoms with Crippen LogP contribution in [0.25, 0.3) is 6.08 Å². The molecule has 0 atom stereocenters. The normalized spacial score (nSPS) is 10.7. The molecule has 0 saturated heterocycles. The summed E-state index contributed by atoms with van der Waals surface area (Å²) in [6.45, 7) is 2.01. The van der Waals surface area contributed by atoms with Crippen molar-refractivity contribution in [1.29, 1.82) is 0 Å². The number of carbonyl (C=O) groups excluding carboxylic acids is 1. The van der Waals surface area contributed by atoms with Gasteiger partial charge in [-0.15, -0.1) is 0 Å². The summed E-state index contributed by atoms with van der Waals surface area (Å²) in [7, 11) is 0. The quantitative estimate of drug-likeness (QED) is 0.458. The van der Waals surface area contributed by atoms with Crippen molar-refractivity contribution in [2.75, 3.05) is 11.1 Å². The smallest absolute Gasteiger partial charge is 0.248 e. The summed E-state index contributed by atoms with van der Waals surface area (Å²) < 4.78 is 0. The molecule has 0 aliphatic carbocycles. The largest absolute Gasteiger partial charge is 0.506 e. The summed E-state index contributed by atoms with van der Waals surface area (Å²) in [6, 6.07) is 12.4. The Balaban J connectivity index is 2.08. The number of nitrogen functional groups attached to an aromatic ring is 1. The van der Waals surface area contributed by atoms with Gasteiger partial charge >= 0.3 is 0 Å². The number of anilines is 2. The first-order chi connectivity index (χ1) is 10.1. The van der Waals surface area contributed by atoms with Crippen LogP contribution in [0.1, 0.15) is 18.1 Å². The Kier molecular flexibility index (Phi) is 4.61. The van der Waals surface area contributed by atoms with Crippen molar-refractivity contribution in [2.45, 2.75) is 13.3 Å². The lowest BCUT2D eigenvalue weighted by Crippen LogP contribution is -2.08. The molecule has 0 aliphatic heterocycles. The fourth-order valence-corrected chi connectivity index (χ4v) is 1.91. The topological polar surface area (TPSA) is 75.3 Å². The van der Waals surface area contributed by atoms with Crippen LogP contribution in [0.3, 0.4) is 0 Å². The van der Waals surface area contributed by atoms with Gasteiger partial charge in [0.1, 0.15) is 5.75 Å². The number of benzene rings is 2. The zero-order valence-corrected chi connectivity index (χ0v) is 11.8. The molecule has 0 heterocycles. The summed E-state index contributed by atoms with van der Waals surface area (Å²) in [5.41, 5.74) is 8.62. The van der Waals surface area contributed by atoms with Crippen molar-refractivity contribution < 1.29 is 9.90 Å². The Morgan fingerprint density at radius 3 is 2.81 bits per heavy atom. The highest BCUT2D eigenvalue weighted by atomic mass is 16.3. The molecule has 2 rings (SSSR count). The number of aromatic hydroxyl groups is 1. The van der Waals surface area contributed by atoms with E-state index in [1.54, 1.807) is 30.3 Å². The summed E-state index contributed by atoms with van der Waals surface area (Å²) in [5, 5.41) is 12.4. The monoisotopic (exact) mass is 282 g/mol. The molecule has 4 heteroatoms. The zero-order valence-electron chi connectivity index (χ0n) is 11.8. The fourth-order valence-electron chi connectivity index (χ4n) is 1.91. The van der Waals surface area contributed by atoms with E-state index in [-0.39, 0.29) is 11.7 Å². The van der Waals surface area contributed by atoms with Gasteiger partial charge in [-0.25, -0.2) is 0 Å². The minimum Gasteiger partial charge on any atom is -0.506 e. The van der Waals surface area contributed by atoms with Crippen LogP contribution in [-0.2, 0) is 11.2 Å². The summed E-state index contributed by atoms with van der Waals surface area (Å²) in [4.78, 5) is 11.9. The zero-order chi connectivity index (χ0) is 15.2. The molecule has 0 saturated carbocycles. The number of aryl methyl sites for hydroxylation is 1. The van der Waals surface area contributed by atoms with E-state index in [0.29, 0.717) is 11.4 Å². The van der Waals surface area contributed by atoms with Crippen LogP contribution < -0.4 is 11.1 Å². The van der Waals surface area contributed by atoms with Crippen LogP contribution in [0.15, 0.2) is 48.5 Å². The number of carbonyl (C=O) groups is 1. The Morgan fingerprint density at radius 1 is 1.29 bits per heavy atom. The van der Waals surface area contributed by atoms with Crippen LogP contribution >= 0.6 is 0 Å². The maximum atomic E-state index is 11.9. The lowest BCUT2D eigenvalue weighted by atomic mass is 10.1. The van der Waals surface area contributed by atoms with Gasteiger partial charge in [-0.2, -0.15) is 0 Å². The summed E-state index contributed by atoms with van der Waals surface area (Å²) in [6.07, 6.45) is 3.92. The third kappa shape index (κ3) is 4.11. The van der Waals surface area contributed by atoms with Gasteiger partial charge in [-0.05, 0) is 47.9 Å². The molecule has 0 bridgehead atoms. The van der Waals surface area contributed by atoms with Crippen molar-refractivity contribution in [3.05, 3.63) is 59.7 Å². The Morgan fingerprint density at radius 2 is 2.10 bits per heavy atom. The fraction of sp³-hybridized carbons (Fsp3) is 0.118. The van der Waals surface area contributed by atoms with Gasteiger partial charge in [-0.3, -0.25) is 4.79 Å². The van der Waals surface area contributed by atoms with Crippen LogP contribution in [-0.4, -0.2) is 11.0 Å². The predicted molar refractivity (Wildman–Crippen MR) is 86.0 cm³/mol. The minimum absolute atomic E-state index is 0.0536. The molecule has 0 aliphatic rings. The minimum atomic E-state index is -0.305. The van der Waals surface area contributed by atoms with Gasteiger partial charge in [0, 0.05) is 11.8 Å². The van der Waals surface area contributed by atoms with Gasteiger partial charge in [0.25, 0.3) is 0 Å². The van der Waals surface area contributed by atoms with Crippen LogP contribution in [0.5, 0.6) is 5.75 Å². The molecule has 0 aromatic heterocycles. The SMILES string of the molecule is CCc1ccc(O)c(NC(=O)/C=C/c2cccc(N)c2)c1. The van der Waals surface area contributed by atoms with Crippen molar-refractivity contribution in [3.63, 3.8) is 0 Å². The van der Waals surface area contributed by atoms with E-state index in [4.69, 9.17) is 5.73 Å². The third-order valence-electron chi connectivity index (χ3n) is 3.06. The van der Waals surface area contributed by atoms with Gasteiger partial charge in [0.2, 0.25) is 5.91 Å². The highest BCUT2D eigenvalue weighted by Crippen LogP contribution is 2.24. The first-order valence-corrected chi connectivity index (χ1v) is 6.75. The maximum Gasteiger partial charge on any atom is 0.248 e. The number of hydrogen-bond acceptors (Lipinski definition) is 3. The van der Waals surface area contributed by atoms with Crippen molar-refractivity contribution in [2.24, 2.45) is 0 Å². The van der Waals surface area contributed by atoms with Gasteiger partial charge in [-0.1, -0.05) is 25.1 Å². The second-order valence-corrected chi connectivity index (χ2v) is 4.70. The van der Waals surface area contributed by atoms with E-state index >= 15 is 0 Å². The van der Waals surface area contributed by atoms with E-state index in [1.165, 1.54) is 6.08 Å². The number of nitrogens with one attached hydrogen (secondary N) is 1. The Hall–Kier alpha value is -2.75. The summed E-state index contributed by atoms with van der Waals surface area (Å²) in [5.74, 6) is -0.251. The summed E-state index contributed by atoms with van der Waals surface area (Å²) >= 11 is 0. The molecule has 21 heavy (non-hydrogen) atoms. The lowest BCUT2D eigenvalue weighted by Gasteiger charge is -2.07. The predicted octanol–water partition coefficient (Wildman–Crippen LogP) is 3.19. The van der Waals surface area contributed by atoms with Crippen LogP contribution in [0.2, 0.25) is 0 Å². The van der Waals surface area contributed by atoms with Crippen molar-refractivity contribution >= 4 is 23.4 Å². The van der Waals surface area contributed by atoms with E-state index in [9.17, 15) is 9.90 Å². The number of hydrogen-bond donors (Lipinski definition) is 3. The number of nitrogens with two attached hydrogens (primary N) is 1. The van der Waals surface area contributed by atoms with Crippen LogP contribution in [0.4, 0.5) is 11.4 Å². The second-order valence-electron chi connectivity index (χ2n) is 4.70. The molecule has 108 valence electrons.